The van der Waals surface area contributed by atoms with Crippen LogP contribution in [0, 0.1) is 6.92 Å². The van der Waals surface area contributed by atoms with Gasteiger partial charge in [0.15, 0.2) is 0 Å². The van der Waals surface area contributed by atoms with Crippen molar-refractivity contribution in [1.82, 2.24) is 0 Å². The van der Waals surface area contributed by atoms with Crippen molar-refractivity contribution >= 4 is 7.60 Å². The van der Waals surface area contributed by atoms with Crippen molar-refractivity contribution < 1.29 is 14.4 Å². The summed E-state index contributed by atoms with van der Waals surface area (Å²) < 4.78 is 10.9. The number of hydrogen-bond acceptors (Lipinski definition) is 1. The van der Waals surface area contributed by atoms with Gasteiger partial charge < -0.3 is 9.79 Å². The molecule has 0 aliphatic rings. The molecule has 0 fully saturated rings. The molecule has 1 atom stereocenters. The summed E-state index contributed by atoms with van der Waals surface area (Å²) >= 11 is 0. The van der Waals surface area contributed by atoms with E-state index in [1.807, 2.05) is 19.1 Å². The van der Waals surface area contributed by atoms with Crippen molar-refractivity contribution in [1.29, 1.82) is 0 Å². The zero-order chi connectivity index (χ0) is 10.1. The van der Waals surface area contributed by atoms with E-state index in [1.54, 1.807) is 12.1 Å². The van der Waals surface area contributed by atoms with E-state index in [4.69, 9.17) is 9.79 Å². The molecule has 0 aliphatic carbocycles. The van der Waals surface area contributed by atoms with Gasteiger partial charge in [0.05, 0.1) is 5.66 Å². The van der Waals surface area contributed by atoms with Crippen LogP contribution in [-0.4, -0.2) is 9.79 Å². The van der Waals surface area contributed by atoms with Gasteiger partial charge in [0, 0.05) is 0 Å². The molecule has 0 heterocycles. The lowest BCUT2D eigenvalue weighted by molar-refractivity contribution is 0.362. The van der Waals surface area contributed by atoms with E-state index in [2.05, 4.69) is 0 Å². The molecule has 0 saturated carbocycles. The molecule has 1 aromatic carbocycles. The van der Waals surface area contributed by atoms with E-state index >= 15 is 0 Å². The quantitative estimate of drug-likeness (QED) is 0.719. The second-order valence-electron chi connectivity index (χ2n) is 3.18. The first-order chi connectivity index (χ1) is 5.91. The Labute approximate surface area is 77.6 Å². The third-order valence-electron chi connectivity index (χ3n) is 2.06. The highest BCUT2D eigenvalue weighted by Crippen LogP contribution is 2.51. The maximum absolute atomic E-state index is 10.9. The maximum Gasteiger partial charge on any atom is 0.332 e. The molecular weight excluding hydrogens is 187 g/mol. The minimum Gasteiger partial charge on any atom is -0.324 e. The normalized spacial score (nSPS) is 14.2. The lowest BCUT2D eigenvalue weighted by Crippen LogP contribution is -1.94. The Morgan fingerprint density at radius 2 is 1.69 bits per heavy atom. The van der Waals surface area contributed by atoms with Crippen LogP contribution in [0.5, 0.6) is 0 Å². The number of aryl methyl sites for hydroxylation is 1. The first kappa shape index (κ1) is 10.5. The van der Waals surface area contributed by atoms with Crippen molar-refractivity contribution in [3.63, 3.8) is 0 Å². The molecule has 1 rings (SSSR count). The van der Waals surface area contributed by atoms with Crippen molar-refractivity contribution in [3.05, 3.63) is 35.4 Å². The fraction of sp³-hybridized carbons (Fsp3) is 0.333. The molecule has 0 aromatic heterocycles. The fourth-order valence-electron chi connectivity index (χ4n) is 1.04. The summed E-state index contributed by atoms with van der Waals surface area (Å²) in [5, 5.41) is 0. The molecule has 4 heteroatoms. The SMILES string of the molecule is Cc1ccc([C@@H](C)P(=O)(O)O)cc1. The number of benzene rings is 1. The van der Waals surface area contributed by atoms with Gasteiger partial charge in [-0.1, -0.05) is 29.8 Å². The van der Waals surface area contributed by atoms with E-state index in [-0.39, 0.29) is 0 Å². The van der Waals surface area contributed by atoms with Crippen LogP contribution in [0.15, 0.2) is 24.3 Å². The van der Waals surface area contributed by atoms with Gasteiger partial charge in [-0.2, -0.15) is 0 Å². The Balaban J connectivity index is 2.97. The minimum absolute atomic E-state index is 0.680. The summed E-state index contributed by atoms with van der Waals surface area (Å²) in [5.74, 6) is 0. The van der Waals surface area contributed by atoms with Crippen LogP contribution in [0.25, 0.3) is 0 Å². The second-order valence-corrected chi connectivity index (χ2v) is 5.13. The van der Waals surface area contributed by atoms with Crippen molar-refractivity contribution in [2.24, 2.45) is 0 Å². The molecule has 3 nitrogen and oxygen atoms in total. The van der Waals surface area contributed by atoms with Gasteiger partial charge in [-0.15, -0.1) is 0 Å². The van der Waals surface area contributed by atoms with Crippen LogP contribution in [0.1, 0.15) is 23.7 Å². The Kier molecular flexibility index (Phi) is 2.91. The average Bonchev–Trinajstić information content (AvgIpc) is 2.03. The first-order valence-corrected chi connectivity index (χ1v) is 5.71. The third kappa shape index (κ3) is 2.66. The monoisotopic (exact) mass is 200 g/mol. The maximum atomic E-state index is 10.9. The van der Waals surface area contributed by atoms with Crippen molar-refractivity contribution in [2.45, 2.75) is 19.5 Å². The third-order valence-corrected chi connectivity index (χ3v) is 3.37. The highest BCUT2D eigenvalue weighted by atomic mass is 31.2. The number of rotatable bonds is 2. The average molecular weight is 200 g/mol. The van der Waals surface area contributed by atoms with Crippen LogP contribution in [0.3, 0.4) is 0 Å². The van der Waals surface area contributed by atoms with E-state index < -0.39 is 13.3 Å². The van der Waals surface area contributed by atoms with E-state index in [1.165, 1.54) is 6.92 Å². The molecule has 1 aromatic rings. The van der Waals surface area contributed by atoms with Gasteiger partial charge >= 0.3 is 7.60 Å². The number of hydrogen-bond donors (Lipinski definition) is 2. The van der Waals surface area contributed by atoms with Crippen LogP contribution in [0.2, 0.25) is 0 Å². The minimum atomic E-state index is -3.99. The molecule has 0 saturated heterocycles. The van der Waals surface area contributed by atoms with Gasteiger partial charge in [-0.05, 0) is 19.4 Å². The molecule has 0 radical (unpaired) electrons. The summed E-state index contributed by atoms with van der Waals surface area (Å²) in [4.78, 5) is 17.8. The van der Waals surface area contributed by atoms with Crippen LogP contribution in [-0.2, 0) is 4.57 Å². The molecule has 0 aliphatic heterocycles. The van der Waals surface area contributed by atoms with Gasteiger partial charge in [0.1, 0.15) is 0 Å². The Hall–Kier alpha value is -0.630. The predicted molar refractivity (Wildman–Crippen MR) is 51.6 cm³/mol. The topological polar surface area (TPSA) is 57.5 Å². The molecule has 0 spiro atoms. The Bertz CT molecular complexity index is 325. The van der Waals surface area contributed by atoms with Crippen LogP contribution in [0.4, 0.5) is 0 Å². The van der Waals surface area contributed by atoms with Gasteiger partial charge in [0.2, 0.25) is 0 Å². The van der Waals surface area contributed by atoms with Crippen LogP contribution >= 0.6 is 7.60 Å². The van der Waals surface area contributed by atoms with Gasteiger partial charge in [0.25, 0.3) is 0 Å². The zero-order valence-electron chi connectivity index (χ0n) is 7.64. The summed E-state index contributed by atoms with van der Waals surface area (Å²) in [7, 11) is -3.99. The molecule has 2 N–H and O–H groups in total. The van der Waals surface area contributed by atoms with E-state index in [0.717, 1.165) is 5.56 Å². The first-order valence-electron chi connectivity index (χ1n) is 4.03. The van der Waals surface area contributed by atoms with E-state index in [0.29, 0.717) is 5.56 Å². The zero-order valence-corrected chi connectivity index (χ0v) is 8.53. The smallest absolute Gasteiger partial charge is 0.324 e. The van der Waals surface area contributed by atoms with Crippen LogP contribution < -0.4 is 0 Å². The van der Waals surface area contributed by atoms with Gasteiger partial charge in [-0.3, -0.25) is 4.57 Å². The summed E-state index contributed by atoms with van der Waals surface area (Å²) in [6.07, 6.45) is 0. The molecule has 0 bridgehead atoms. The lowest BCUT2D eigenvalue weighted by atomic mass is 10.1. The summed E-state index contributed by atoms with van der Waals surface area (Å²) in [6, 6.07) is 7.20. The molecule has 13 heavy (non-hydrogen) atoms. The van der Waals surface area contributed by atoms with E-state index in [9.17, 15) is 4.57 Å². The molecule has 72 valence electrons. The lowest BCUT2D eigenvalue weighted by Gasteiger charge is -2.13. The molecule has 0 amide bonds. The summed E-state index contributed by atoms with van der Waals surface area (Å²) in [6.45, 7) is 3.47. The highest BCUT2D eigenvalue weighted by molar-refractivity contribution is 7.52. The highest BCUT2D eigenvalue weighted by Gasteiger charge is 2.24. The fourth-order valence-corrected chi connectivity index (χ4v) is 1.60. The van der Waals surface area contributed by atoms with Gasteiger partial charge in [-0.25, -0.2) is 0 Å². The Morgan fingerprint density at radius 1 is 1.23 bits per heavy atom. The molecular formula is C9H13O3P. The Morgan fingerprint density at radius 3 is 2.08 bits per heavy atom. The second kappa shape index (κ2) is 3.62. The largest absolute Gasteiger partial charge is 0.332 e. The standard InChI is InChI=1S/C9H13O3P/c1-7-3-5-9(6-4-7)8(2)13(10,11)12/h3-6,8H,1-2H3,(H2,10,11,12)/t8-/m1/s1. The van der Waals surface area contributed by atoms with Crippen molar-refractivity contribution in [3.8, 4) is 0 Å². The molecule has 0 unspecified atom stereocenters. The summed E-state index contributed by atoms with van der Waals surface area (Å²) in [5.41, 5.74) is 1.05. The predicted octanol–water partition coefficient (Wildman–Crippen LogP) is 2.23. The van der Waals surface area contributed by atoms with Crippen molar-refractivity contribution in [2.75, 3.05) is 0 Å².